The van der Waals surface area contributed by atoms with Crippen LogP contribution in [0.3, 0.4) is 0 Å². The van der Waals surface area contributed by atoms with Gasteiger partial charge in [0.2, 0.25) is 11.7 Å². The molecule has 2 aromatic rings. The van der Waals surface area contributed by atoms with Gasteiger partial charge in [-0.05, 0) is 28.1 Å². The van der Waals surface area contributed by atoms with Gasteiger partial charge in [-0.2, -0.15) is 4.98 Å². The zero-order valence-corrected chi connectivity index (χ0v) is 9.53. The molecule has 1 aromatic heterocycles. The second-order valence-electron chi connectivity index (χ2n) is 2.98. The van der Waals surface area contributed by atoms with Crippen LogP contribution in [0.15, 0.2) is 21.1 Å². The van der Waals surface area contributed by atoms with Gasteiger partial charge < -0.3 is 15.4 Å². The van der Waals surface area contributed by atoms with Gasteiger partial charge in [0.15, 0.2) is 5.82 Å². The number of hydrogen-bond donors (Lipinski definition) is 2. The van der Waals surface area contributed by atoms with E-state index in [0.29, 0.717) is 0 Å². The van der Waals surface area contributed by atoms with E-state index in [1.165, 1.54) is 12.1 Å². The van der Waals surface area contributed by atoms with Crippen LogP contribution < -0.4 is 5.73 Å². The number of hydrogen-bond acceptors (Lipinski definition) is 5. The van der Waals surface area contributed by atoms with E-state index < -0.39 is 5.82 Å². The molecule has 2 rings (SSSR count). The average molecular weight is 288 g/mol. The van der Waals surface area contributed by atoms with E-state index in [-0.39, 0.29) is 34.0 Å². The first-order valence-corrected chi connectivity index (χ1v) is 5.12. The highest BCUT2D eigenvalue weighted by molar-refractivity contribution is 9.10. The van der Waals surface area contributed by atoms with Crippen LogP contribution in [-0.4, -0.2) is 15.2 Å². The van der Waals surface area contributed by atoms with Crippen molar-refractivity contribution in [3.8, 4) is 17.1 Å². The zero-order valence-electron chi connectivity index (χ0n) is 7.94. The van der Waals surface area contributed by atoms with Gasteiger partial charge in [0, 0.05) is 0 Å². The summed E-state index contributed by atoms with van der Waals surface area (Å²) >= 11 is 2.92. The number of halogens is 2. The number of nitrogens with two attached hydrogens (primary N) is 1. The lowest BCUT2D eigenvalue weighted by molar-refractivity contribution is 0.380. The lowest BCUT2D eigenvalue weighted by Crippen LogP contribution is -1.96. The minimum absolute atomic E-state index is 0.0379. The van der Waals surface area contributed by atoms with Crippen molar-refractivity contribution in [1.29, 1.82) is 0 Å². The van der Waals surface area contributed by atoms with Gasteiger partial charge in [-0.25, -0.2) is 4.39 Å². The third kappa shape index (κ3) is 1.79. The van der Waals surface area contributed by atoms with Crippen LogP contribution in [-0.2, 0) is 6.54 Å². The van der Waals surface area contributed by atoms with Crippen molar-refractivity contribution in [2.75, 3.05) is 0 Å². The zero-order chi connectivity index (χ0) is 11.7. The number of phenolic OH excluding ortho intramolecular Hbond substituents is 1. The first-order valence-electron chi connectivity index (χ1n) is 4.33. The Morgan fingerprint density at radius 1 is 1.50 bits per heavy atom. The minimum atomic E-state index is -0.649. The van der Waals surface area contributed by atoms with Crippen LogP contribution in [0.5, 0.6) is 5.75 Å². The average Bonchev–Trinajstić information content (AvgIpc) is 2.74. The van der Waals surface area contributed by atoms with E-state index in [0.717, 1.165) is 0 Å². The molecule has 0 aliphatic carbocycles. The van der Waals surface area contributed by atoms with Crippen molar-refractivity contribution < 1.29 is 14.0 Å². The molecule has 0 unspecified atom stereocenters. The van der Waals surface area contributed by atoms with Crippen molar-refractivity contribution in [2.45, 2.75) is 6.54 Å². The molecule has 0 atom stereocenters. The molecule has 5 nitrogen and oxygen atoms in total. The molecule has 0 aliphatic heterocycles. The van der Waals surface area contributed by atoms with Gasteiger partial charge in [-0.1, -0.05) is 5.16 Å². The van der Waals surface area contributed by atoms with Gasteiger partial charge in [0.1, 0.15) is 5.75 Å². The number of rotatable bonds is 2. The maximum absolute atomic E-state index is 13.7. The van der Waals surface area contributed by atoms with E-state index in [1.54, 1.807) is 0 Å². The lowest BCUT2D eigenvalue weighted by Gasteiger charge is -2.01. The molecule has 84 valence electrons. The van der Waals surface area contributed by atoms with Crippen LogP contribution in [0.2, 0.25) is 0 Å². The van der Waals surface area contributed by atoms with Crippen molar-refractivity contribution >= 4 is 15.9 Å². The highest BCUT2D eigenvalue weighted by atomic mass is 79.9. The van der Waals surface area contributed by atoms with E-state index >= 15 is 0 Å². The first-order chi connectivity index (χ1) is 7.63. The number of aromatic hydroxyl groups is 1. The summed E-state index contributed by atoms with van der Waals surface area (Å²) in [5, 5.41) is 12.8. The van der Waals surface area contributed by atoms with Crippen LogP contribution in [0.1, 0.15) is 5.89 Å². The Morgan fingerprint density at radius 3 is 2.88 bits per heavy atom. The largest absolute Gasteiger partial charge is 0.507 e. The maximum atomic E-state index is 13.7. The molecule has 0 fully saturated rings. The van der Waals surface area contributed by atoms with Crippen LogP contribution in [0.4, 0.5) is 4.39 Å². The Hall–Kier alpha value is -1.47. The van der Waals surface area contributed by atoms with Gasteiger partial charge in [0.05, 0.1) is 16.6 Å². The van der Waals surface area contributed by atoms with Crippen molar-refractivity contribution in [3.63, 3.8) is 0 Å². The monoisotopic (exact) mass is 287 g/mol. The summed E-state index contributed by atoms with van der Waals surface area (Å²) < 4.78 is 18.4. The summed E-state index contributed by atoms with van der Waals surface area (Å²) in [5.74, 6) is -0.523. The fourth-order valence-electron chi connectivity index (χ4n) is 1.16. The van der Waals surface area contributed by atoms with Crippen LogP contribution >= 0.6 is 15.9 Å². The summed E-state index contributed by atoms with van der Waals surface area (Å²) in [7, 11) is 0. The van der Waals surface area contributed by atoms with Gasteiger partial charge in [-0.3, -0.25) is 0 Å². The Bertz CT molecular complexity index is 529. The van der Waals surface area contributed by atoms with Gasteiger partial charge in [-0.15, -0.1) is 0 Å². The molecular formula is C9H7BrFN3O2. The normalized spacial score (nSPS) is 10.7. The number of nitrogens with zero attached hydrogens (tertiary/aromatic N) is 2. The van der Waals surface area contributed by atoms with Crippen molar-refractivity contribution in [3.05, 3.63) is 28.3 Å². The molecule has 0 amide bonds. The molecule has 3 N–H and O–H groups in total. The van der Waals surface area contributed by atoms with E-state index in [1.807, 2.05) is 0 Å². The Kier molecular flexibility index (Phi) is 2.88. The first kappa shape index (κ1) is 11.0. The highest BCUT2D eigenvalue weighted by Gasteiger charge is 2.16. The minimum Gasteiger partial charge on any atom is -0.507 e. The quantitative estimate of drug-likeness (QED) is 0.880. The predicted molar refractivity (Wildman–Crippen MR) is 56.9 cm³/mol. The summed E-state index contributed by atoms with van der Waals surface area (Å²) in [6, 6.07) is 2.70. The molecule has 0 bridgehead atoms. The number of aromatic nitrogens is 2. The van der Waals surface area contributed by atoms with Gasteiger partial charge >= 0.3 is 0 Å². The number of benzene rings is 1. The molecule has 16 heavy (non-hydrogen) atoms. The molecule has 0 saturated carbocycles. The fourth-order valence-corrected chi connectivity index (χ4v) is 1.50. The predicted octanol–water partition coefficient (Wildman–Crippen LogP) is 1.80. The third-order valence-corrected chi connectivity index (χ3v) is 2.70. The second-order valence-corrected chi connectivity index (χ2v) is 3.77. The molecule has 0 saturated heterocycles. The lowest BCUT2D eigenvalue weighted by atomic mass is 10.2. The molecular weight excluding hydrogens is 281 g/mol. The standard InChI is InChI=1S/C9H7BrFN3O2/c10-7-5(15)2-1-4(8(7)11)9-13-6(3-12)16-14-9/h1-2,15H,3,12H2. The summed E-state index contributed by atoms with van der Waals surface area (Å²) in [6.07, 6.45) is 0. The molecule has 7 heteroatoms. The Morgan fingerprint density at radius 2 is 2.25 bits per heavy atom. The van der Waals surface area contributed by atoms with Crippen LogP contribution in [0, 0.1) is 5.82 Å². The Labute approximate surface area is 98.2 Å². The fraction of sp³-hybridized carbons (Fsp3) is 0.111. The summed E-state index contributed by atoms with van der Waals surface area (Å²) in [5.41, 5.74) is 5.43. The Balaban J connectivity index is 2.52. The molecule has 0 radical (unpaired) electrons. The highest BCUT2D eigenvalue weighted by Crippen LogP contribution is 2.32. The summed E-state index contributed by atoms with van der Waals surface area (Å²) in [6.45, 7) is 0.0911. The molecule has 0 aliphatic rings. The second kappa shape index (κ2) is 4.18. The van der Waals surface area contributed by atoms with E-state index in [2.05, 4.69) is 26.1 Å². The van der Waals surface area contributed by atoms with E-state index in [9.17, 15) is 9.50 Å². The smallest absolute Gasteiger partial charge is 0.240 e. The van der Waals surface area contributed by atoms with Gasteiger partial charge in [0.25, 0.3) is 0 Å². The SMILES string of the molecule is NCc1nc(-c2ccc(O)c(Br)c2F)no1. The molecule has 0 spiro atoms. The van der Waals surface area contributed by atoms with Crippen molar-refractivity contribution in [1.82, 2.24) is 10.1 Å². The maximum Gasteiger partial charge on any atom is 0.240 e. The molecule has 1 aromatic carbocycles. The van der Waals surface area contributed by atoms with E-state index in [4.69, 9.17) is 10.3 Å². The third-order valence-electron chi connectivity index (χ3n) is 1.95. The van der Waals surface area contributed by atoms with Crippen LogP contribution in [0.25, 0.3) is 11.4 Å². The molecule has 1 heterocycles. The topological polar surface area (TPSA) is 85.2 Å². The summed E-state index contributed by atoms with van der Waals surface area (Å²) in [4.78, 5) is 3.89. The van der Waals surface area contributed by atoms with Crippen molar-refractivity contribution in [2.24, 2.45) is 5.73 Å². The number of phenols is 1.